The second kappa shape index (κ2) is 9.59. The maximum Gasteiger partial charge on any atom is 0.344 e. The Morgan fingerprint density at radius 2 is 1.79 bits per heavy atom. The van der Waals surface area contributed by atoms with Gasteiger partial charge in [-0.25, -0.2) is 9.59 Å². The van der Waals surface area contributed by atoms with Crippen molar-refractivity contribution in [2.24, 2.45) is 0 Å². The number of aromatic nitrogens is 1. The van der Waals surface area contributed by atoms with Crippen molar-refractivity contribution in [2.75, 3.05) is 25.1 Å². The zero-order valence-corrected chi connectivity index (χ0v) is 16.4. The number of aromatic amines is 1. The summed E-state index contributed by atoms with van der Waals surface area (Å²) in [6, 6.07) is 6.63. The van der Waals surface area contributed by atoms with Crippen LogP contribution in [0, 0.1) is 13.8 Å². The third-order valence-electron chi connectivity index (χ3n) is 3.90. The number of ether oxygens (including phenoxy) is 3. The summed E-state index contributed by atoms with van der Waals surface area (Å²) in [5, 5.41) is 2.75. The van der Waals surface area contributed by atoms with Gasteiger partial charge >= 0.3 is 11.9 Å². The van der Waals surface area contributed by atoms with E-state index >= 15 is 0 Å². The molecule has 1 amide bonds. The van der Waals surface area contributed by atoms with Crippen LogP contribution in [0.1, 0.15) is 46.0 Å². The number of anilines is 1. The molecule has 2 N–H and O–H groups in total. The van der Waals surface area contributed by atoms with E-state index in [0.717, 1.165) is 0 Å². The maximum atomic E-state index is 12.6. The lowest BCUT2D eigenvalue weighted by atomic mass is 10.1. The van der Waals surface area contributed by atoms with Crippen molar-refractivity contribution in [1.82, 2.24) is 4.98 Å². The van der Waals surface area contributed by atoms with Crippen molar-refractivity contribution in [2.45, 2.75) is 27.7 Å². The predicted octanol–water partition coefficient (Wildman–Crippen LogP) is 3.00. The van der Waals surface area contributed by atoms with Gasteiger partial charge in [0.05, 0.1) is 18.8 Å². The number of aryl methyl sites for hydroxylation is 1. The van der Waals surface area contributed by atoms with Gasteiger partial charge in [-0.05, 0) is 45.4 Å². The molecule has 28 heavy (non-hydrogen) atoms. The Morgan fingerprint density at radius 1 is 1.07 bits per heavy atom. The summed E-state index contributed by atoms with van der Waals surface area (Å²) in [5.74, 6) is -0.931. The molecule has 0 spiro atoms. The molecular formula is C20H24N2O6. The number of hydrogen-bond donors (Lipinski definition) is 2. The number of rotatable bonds is 8. The van der Waals surface area contributed by atoms with E-state index in [9.17, 15) is 14.4 Å². The minimum absolute atomic E-state index is 0.219. The topological polar surface area (TPSA) is 107 Å². The lowest BCUT2D eigenvalue weighted by molar-refractivity contribution is -0.145. The van der Waals surface area contributed by atoms with Gasteiger partial charge in [0.2, 0.25) is 0 Å². The van der Waals surface area contributed by atoms with E-state index in [2.05, 4.69) is 10.3 Å². The largest absolute Gasteiger partial charge is 0.482 e. The van der Waals surface area contributed by atoms with Gasteiger partial charge < -0.3 is 24.5 Å². The molecule has 150 valence electrons. The van der Waals surface area contributed by atoms with Crippen LogP contribution in [0.3, 0.4) is 0 Å². The van der Waals surface area contributed by atoms with Crippen molar-refractivity contribution in [1.29, 1.82) is 0 Å². The first kappa shape index (κ1) is 21.0. The fourth-order valence-corrected chi connectivity index (χ4v) is 2.69. The summed E-state index contributed by atoms with van der Waals surface area (Å²) in [5.41, 5.74) is 2.20. The quantitative estimate of drug-likeness (QED) is 0.673. The molecule has 0 unspecified atom stereocenters. The highest BCUT2D eigenvalue weighted by atomic mass is 16.6. The van der Waals surface area contributed by atoms with Gasteiger partial charge in [0.25, 0.3) is 5.91 Å². The second-order valence-electron chi connectivity index (χ2n) is 5.92. The highest BCUT2D eigenvalue weighted by Gasteiger charge is 2.23. The van der Waals surface area contributed by atoms with E-state index in [4.69, 9.17) is 14.2 Å². The first-order valence-corrected chi connectivity index (χ1v) is 8.93. The number of amides is 1. The highest BCUT2D eigenvalue weighted by Crippen LogP contribution is 2.22. The van der Waals surface area contributed by atoms with Gasteiger partial charge in [-0.2, -0.15) is 0 Å². The van der Waals surface area contributed by atoms with E-state index in [1.807, 2.05) is 0 Å². The molecule has 0 atom stereocenters. The average molecular weight is 388 g/mol. The van der Waals surface area contributed by atoms with Crippen molar-refractivity contribution >= 4 is 23.5 Å². The fourth-order valence-electron chi connectivity index (χ4n) is 2.69. The molecule has 1 heterocycles. The minimum Gasteiger partial charge on any atom is -0.482 e. The van der Waals surface area contributed by atoms with E-state index in [-0.39, 0.29) is 25.5 Å². The van der Waals surface area contributed by atoms with Crippen LogP contribution >= 0.6 is 0 Å². The molecule has 1 aromatic carbocycles. The number of nitrogens with one attached hydrogen (secondary N) is 2. The molecule has 2 rings (SSSR count). The zero-order chi connectivity index (χ0) is 20.7. The molecule has 0 saturated carbocycles. The third kappa shape index (κ3) is 5.12. The van der Waals surface area contributed by atoms with Gasteiger partial charge in [-0.1, -0.05) is 6.07 Å². The lowest BCUT2D eigenvalue weighted by Crippen LogP contribution is -2.15. The predicted molar refractivity (Wildman–Crippen MR) is 103 cm³/mol. The van der Waals surface area contributed by atoms with Gasteiger partial charge in [-0.3, -0.25) is 4.79 Å². The molecule has 0 fully saturated rings. The van der Waals surface area contributed by atoms with Crippen LogP contribution in [-0.4, -0.2) is 42.7 Å². The SMILES string of the molecule is CCOC(=O)COc1cccc(NC(=O)c2[nH]c(C)c(C(=O)OCC)c2C)c1. The monoisotopic (exact) mass is 388 g/mol. The first-order chi connectivity index (χ1) is 13.4. The summed E-state index contributed by atoms with van der Waals surface area (Å²) >= 11 is 0. The Labute approximate surface area is 163 Å². The van der Waals surface area contributed by atoms with E-state index in [1.54, 1.807) is 52.0 Å². The molecule has 0 saturated heterocycles. The van der Waals surface area contributed by atoms with Gasteiger partial charge in [0, 0.05) is 17.4 Å². The van der Waals surface area contributed by atoms with Crippen molar-refractivity contribution in [3.8, 4) is 5.75 Å². The lowest BCUT2D eigenvalue weighted by Gasteiger charge is -2.09. The third-order valence-corrected chi connectivity index (χ3v) is 3.90. The fraction of sp³-hybridized carbons (Fsp3) is 0.350. The minimum atomic E-state index is -0.471. The van der Waals surface area contributed by atoms with Gasteiger partial charge in [0.1, 0.15) is 11.4 Å². The van der Waals surface area contributed by atoms with Crippen LogP contribution in [0.5, 0.6) is 5.75 Å². The summed E-state index contributed by atoms with van der Waals surface area (Å²) in [7, 11) is 0. The van der Waals surface area contributed by atoms with Crippen molar-refractivity contribution < 1.29 is 28.6 Å². The summed E-state index contributed by atoms with van der Waals surface area (Å²) in [6.45, 7) is 7.14. The summed E-state index contributed by atoms with van der Waals surface area (Å²) in [4.78, 5) is 39.0. The smallest absolute Gasteiger partial charge is 0.344 e. The normalized spacial score (nSPS) is 10.3. The molecule has 0 radical (unpaired) electrons. The van der Waals surface area contributed by atoms with E-state index in [0.29, 0.717) is 28.3 Å². The number of benzene rings is 1. The highest BCUT2D eigenvalue weighted by molar-refractivity contribution is 6.06. The molecule has 0 aliphatic heterocycles. The number of esters is 2. The van der Waals surface area contributed by atoms with Crippen LogP contribution < -0.4 is 10.1 Å². The van der Waals surface area contributed by atoms with Crippen LogP contribution in [0.2, 0.25) is 0 Å². The van der Waals surface area contributed by atoms with E-state index in [1.165, 1.54) is 0 Å². The standard InChI is InChI=1S/C20H24N2O6/c1-5-26-16(23)11-28-15-9-7-8-14(10-15)22-19(24)18-12(3)17(13(4)21-18)20(25)27-6-2/h7-10,21H,5-6,11H2,1-4H3,(H,22,24). The van der Waals surface area contributed by atoms with Crippen molar-refractivity contribution in [3.63, 3.8) is 0 Å². The molecule has 0 aliphatic carbocycles. The summed E-state index contributed by atoms with van der Waals surface area (Å²) in [6.07, 6.45) is 0. The molecule has 2 aromatic rings. The van der Waals surface area contributed by atoms with Crippen LogP contribution in [0.15, 0.2) is 24.3 Å². The molecule has 1 aromatic heterocycles. The summed E-state index contributed by atoms with van der Waals surface area (Å²) < 4.78 is 15.2. The number of H-pyrrole nitrogens is 1. The Balaban J connectivity index is 2.11. The molecule has 8 heteroatoms. The molecular weight excluding hydrogens is 364 g/mol. The number of hydrogen-bond acceptors (Lipinski definition) is 6. The van der Waals surface area contributed by atoms with E-state index < -0.39 is 17.8 Å². The number of carbonyl (C=O) groups excluding carboxylic acids is 3. The maximum absolute atomic E-state index is 12.6. The first-order valence-electron chi connectivity index (χ1n) is 8.93. The van der Waals surface area contributed by atoms with Crippen LogP contribution in [-0.2, 0) is 14.3 Å². The molecule has 8 nitrogen and oxygen atoms in total. The van der Waals surface area contributed by atoms with Crippen LogP contribution in [0.4, 0.5) is 5.69 Å². The zero-order valence-electron chi connectivity index (χ0n) is 16.4. The number of carbonyl (C=O) groups is 3. The molecule has 0 bridgehead atoms. The Hall–Kier alpha value is -3.29. The van der Waals surface area contributed by atoms with Crippen molar-refractivity contribution in [3.05, 3.63) is 46.8 Å². The second-order valence-corrected chi connectivity index (χ2v) is 5.92. The average Bonchev–Trinajstić information content (AvgIpc) is 2.95. The molecule has 0 aliphatic rings. The van der Waals surface area contributed by atoms with Gasteiger partial charge in [0.15, 0.2) is 6.61 Å². The Morgan fingerprint density at radius 3 is 2.46 bits per heavy atom. The van der Waals surface area contributed by atoms with Gasteiger partial charge in [-0.15, -0.1) is 0 Å². The Bertz CT molecular complexity index is 872. The Kier molecular flexibility index (Phi) is 7.20. The van der Waals surface area contributed by atoms with Crippen LogP contribution in [0.25, 0.3) is 0 Å².